The van der Waals surface area contributed by atoms with Gasteiger partial charge in [0.15, 0.2) is 0 Å². The van der Waals surface area contributed by atoms with Crippen LogP contribution < -0.4 is 11.1 Å². The summed E-state index contributed by atoms with van der Waals surface area (Å²) in [4.78, 5) is 0. The van der Waals surface area contributed by atoms with E-state index >= 15 is 0 Å². The molecule has 0 spiro atoms. The SMILES string of the molecule is CCC(N)(CC)CNCCCCC(F)(F)F. The van der Waals surface area contributed by atoms with Crippen molar-refractivity contribution in [1.82, 2.24) is 5.32 Å². The molecule has 98 valence electrons. The van der Waals surface area contributed by atoms with E-state index in [1.54, 1.807) is 0 Å². The van der Waals surface area contributed by atoms with Gasteiger partial charge in [-0.15, -0.1) is 0 Å². The molecule has 0 aromatic rings. The van der Waals surface area contributed by atoms with Crippen molar-refractivity contribution >= 4 is 0 Å². The molecular formula is C11H23F3N2. The molecule has 0 amide bonds. The number of nitrogens with two attached hydrogens (primary N) is 1. The number of nitrogens with one attached hydrogen (secondary N) is 1. The largest absolute Gasteiger partial charge is 0.389 e. The van der Waals surface area contributed by atoms with Crippen LogP contribution in [-0.2, 0) is 0 Å². The Hall–Kier alpha value is -0.290. The Labute approximate surface area is 95.8 Å². The van der Waals surface area contributed by atoms with E-state index < -0.39 is 12.6 Å². The third-order valence-corrected chi connectivity index (χ3v) is 2.95. The molecule has 0 unspecified atom stereocenters. The maximum absolute atomic E-state index is 11.8. The van der Waals surface area contributed by atoms with Crippen molar-refractivity contribution in [2.45, 2.75) is 57.7 Å². The minimum Gasteiger partial charge on any atom is -0.324 e. The fourth-order valence-electron chi connectivity index (χ4n) is 1.41. The summed E-state index contributed by atoms with van der Waals surface area (Å²) in [7, 11) is 0. The van der Waals surface area contributed by atoms with Crippen LogP contribution in [0.2, 0.25) is 0 Å². The summed E-state index contributed by atoms with van der Waals surface area (Å²) in [5, 5.41) is 3.12. The third-order valence-electron chi connectivity index (χ3n) is 2.95. The third kappa shape index (κ3) is 7.93. The van der Waals surface area contributed by atoms with Crippen molar-refractivity contribution in [1.29, 1.82) is 0 Å². The fourth-order valence-corrected chi connectivity index (χ4v) is 1.41. The molecule has 0 bridgehead atoms. The van der Waals surface area contributed by atoms with E-state index in [1.807, 2.05) is 13.8 Å². The lowest BCUT2D eigenvalue weighted by Crippen LogP contribution is -2.47. The van der Waals surface area contributed by atoms with E-state index in [0.29, 0.717) is 19.5 Å². The maximum Gasteiger partial charge on any atom is 0.389 e. The zero-order chi connectivity index (χ0) is 12.7. The fraction of sp³-hybridized carbons (Fsp3) is 1.00. The van der Waals surface area contributed by atoms with Gasteiger partial charge in [-0.1, -0.05) is 13.8 Å². The summed E-state index contributed by atoms with van der Waals surface area (Å²) in [6.07, 6.45) is -2.23. The highest BCUT2D eigenvalue weighted by molar-refractivity contribution is 4.83. The quantitative estimate of drug-likeness (QED) is 0.640. The Bertz CT molecular complexity index is 177. The summed E-state index contributed by atoms with van der Waals surface area (Å²) < 4.78 is 35.5. The molecule has 0 aliphatic heterocycles. The zero-order valence-corrected chi connectivity index (χ0v) is 10.2. The van der Waals surface area contributed by atoms with E-state index in [-0.39, 0.29) is 12.0 Å². The van der Waals surface area contributed by atoms with Gasteiger partial charge in [-0.25, -0.2) is 0 Å². The molecule has 0 rings (SSSR count). The smallest absolute Gasteiger partial charge is 0.324 e. The van der Waals surface area contributed by atoms with Gasteiger partial charge in [0.2, 0.25) is 0 Å². The molecule has 0 heterocycles. The number of rotatable bonds is 8. The molecule has 0 aliphatic carbocycles. The summed E-state index contributed by atoms with van der Waals surface area (Å²) in [5.74, 6) is 0. The van der Waals surface area contributed by atoms with Crippen molar-refractivity contribution in [3.63, 3.8) is 0 Å². The first-order chi connectivity index (χ1) is 7.33. The predicted molar refractivity (Wildman–Crippen MR) is 60.3 cm³/mol. The zero-order valence-electron chi connectivity index (χ0n) is 10.2. The van der Waals surface area contributed by atoms with Crippen molar-refractivity contribution in [3.05, 3.63) is 0 Å². The lowest BCUT2D eigenvalue weighted by molar-refractivity contribution is -0.135. The molecule has 0 aliphatic rings. The number of alkyl halides is 3. The van der Waals surface area contributed by atoms with Crippen LogP contribution in [0.5, 0.6) is 0 Å². The highest BCUT2D eigenvalue weighted by atomic mass is 19.4. The van der Waals surface area contributed by atoms with E-state index in [1.165, 1.54) is 0 Å². The average Bonchev–Trinajstić information content (AvgIpc) is 2.21. The van der Waals surface area contributed by atoms with E-state index in [0.717, 1.165) is 12.8 Å². The van der Waals surface area contributed by atoms with Crippen molar-refractivity contribution in [2.24, 2.45) is 5.73 Å². The molecule has 2 nitrogen and oxygen atoms in total. The Kier molecular flexibility index (Phi) is 6.99. The van der Waals surface area contributed by atoms with Gasteiger partial charge < -0.3 is 11.1 Å². The van der Waals surface area contributed by atoms with Crippen LogP contribution in [-0.4, -0.2) is 24.8 Å². The molecule has 0 radical (unpaired) electrons. The second-order valence-corrected chi connectivity index (χ2v) is 4.32. The van der Waals surface area contributed by atoms with Gasteiger partial charge in [-0.2, -0.15) is 13.2 Å². The topological polar surface area (TPSA) is 38.0 Å². The van der Waals surface area contributed by atoms with Crippen LogP contribution in [0.4, 0.5) is 13.2 Å². The van der Waals surface area contributed by atoms with Crippen LogP contribution in [0.25, 0.3) is 0 Å². The van der Waals surface area contributed by atoms with Crippen LogP contribution in [0.3, 0.4) is 0 Å². The summed E-state index contributed by atoms with van der Waals surface area (Å²) in [6.45, 7) is 5.32. The number of hydrogen-bond acceptors (Lipinski definition) is 2. The molecule has 0 aromatic carbocycles. The monoisotopic (exact) mass is 240 g/mol. The van der Waals surface area contributed by atoms with Gasteiger partial charge in [0.05, 0.1) is 0 Å². The van der Waals surface area contributed by atoms with Gasteiger partial charge >= 0.3 is 6.18 Å². The molecule has 3 N–H and O–H groups in total. The minimum absolute atomic E-state index is 0.187. The van der Waals surface area contributed by atoms with Gasteiger partial charge in [-0.05, 0) is 32.2 Å². The van der Waals surface area contributed by atoms with Crippen LogP contribution >= 0.6 is 0 Å². The number of unbranched alkanes of at least 4 members (excludes halogenated alkanes) is 1. The highest BCUT2D eigenvalue weighted by Crippen LogP contribution is 2.21. The van der Waals surface area contributed by atoms with Gasteiger partial charge in [0, 0.05) is 18.5 Å². The molecule has 0 saturated heterocycles. The van der Waals surface area contributed by atoms with Gasteiger partial charge in [0.25, 0.3) is 0 Å². The molecule has 5 heteroatoms. The minimum atomic E-state index is -4.02. The van der Waals surface area contributed by atoms with Crippen molar-refractivity contribution in [3.8, 4) is 0 Å². The Morgan fingerprint density at radius 3 is 2.06 bits per heavy atom. The van der Waals surface area contributed by atoms with Crippen LogP contribution in [0.1, 0.15) is 46.0 Å². The summed E-state index contributed by atoms with van der Waals surface area (Å²) >= 11 is 0. The lowest BCUT2D eigenvalue weighted by Gasteiger charge is -2.27. The van der Waals surface area contributed by atoms with E-state index in [9.17, 15) is 13.2 Å². The summed E-state index contributed by atoms with van der Waals surface area (Å²) in [5.41, 5.74) is 5.82. The van der Waals surface area contributed by atoms with E-state index in [4.69, 9.17) is 5.73 Å². The molecule has 0 atom stereocenters. The number of halogens is 3. The first-order valence-electron chi connectivity index (χ1n) is 5.89. The normalized spacial score (nSPS) is 13.1. The van der Waals surface area contributed by atoms with Crippen LogP contribution in [0, 0.1) is 0 Å². The van der Waals surface area contributed by atoms with Crippen molar-refractivity contribution < 1.29 is 13.2 Å². The first-order valence-corrected chi connectivity index (χ1v) is 5.89. The Morgan fingerprint density at radius 1 is 1.06 bits per heavy atom. The Balaban J connectivity index is 3.47. The second kappa shape index (κ2) is 7.12. The first kappa shape index (κ1) is 15.7. The highest BCUT2D eigenvalue weighted by Gasteiger charge is 2.25. The molecular weight excluding hydrogens is 217 g/mol. The molecule has 0 fully saturated rings. The predicted octanol–water partition coefficient (Wildman–Crippen LogP) is 2.83. The Morgan fingerprint density at radius 2 is 1.62 bits per heavy atom. The van der Waals surface area contributed by atoms with Gasteiger partial charge in [-0.3, -0.25) is 0 Å². The molecule has 0 aromatic heterocycles. The lowest BCUT2D eigenvalue weighted by atomic mass is 9.94. The average molecular weight is 240 g/mol. The summed E-state index contributed by atoms with van der Waals surface area (Å²) in [6, 6.07) is 0. The second-order valence-electron chi connectivity index (χ2n) is 4.32. The van der Waals surface area contributed by atoms with Crippen molar-refractivity contribution in [2.75, 3.05) is 13.1 Å². The van der Waals surface area contributed by atoms with Gasteiger partial charge in [0.1, 0.15) is 0 Å². The molecule has 16 heavy (non-hydrogen) atoms. The van der Waals surface area contributed by atoms with Crippen LogP contribution in [0.15, 0.2) is 0 Å². The maximum atomic E-state index is 11.8. The van der Waals surface area contributed by atoms with E-state index in [2.05, 4.69) is 5.32 Å². The molecule has 0 saturated carbocycles. The number of hydrogen-bond donors (Lipinski definition) is 2. The standard InChI is InChI=1S/C11H23F3N2/c1-3-10(15,4-2)9-16-8-6-5-7-11(12,13)14/h16H,3-9,15H2,1-2H3.